The van der Waals surface area contributed by atoms with Gasteiger partial charge in [-0.2, -0.15) is 0 Å². The molecule has 174 valence electrons. The van der Waals surface area contributed by atoms with Crippen molar-refractivity contribution >= 4 is 21.6 Å². The number of sulfonamides is 1. The number of hydrogen-bond acceptors (Lipinski definition) is 4. The first kappa shape index (κ1) is 24.3. The van der Waals surface area contributed by atoms with E-state index in [0.717, 1.165) is 21.0 Å². The van der Waals surface area contributed by atoms with Crippen LogP contribution in [0.4, 0.5) is 5.69 Å². The molecule has 7 heteroatoms. The summed E-state index contributed by atoms with van der Waals surface area (Å²) in [5.74, 6) is 0.235. The average molecular weight is 467 g/mol. The Balaban J connectivity index is 1.88. The smallest absolute Gasteiger partial charge is 0.264 e. The molecule has 0 heterocycles. The third-order valence-electron chi connectivity index (χ3n) is 5.29. The van der Waals surface area contributed by atoms with E-state index in [4.69, 9.17) is 4.74 Å². The van der Waals surface area contributed by atoms with Crippen molar-refractivity contribution in [3.63, 3.8) is 0 Å². The molecule has 1 atom stereocenters. The van der Waals surface area contributed by atoms with Gasteiger partial charge in [-0.3, -0.25) is 9.10 Å². The molecule has 1 N–H and O–H groups in total. The minimum absolute atomic E-state index is 0.126. The van der Waals surface area contributed by atoms with Crippen molar-refractivity contribution in [1.29, 1.82) is 0 Å². The van der Waals surface area contributed by atoms with Gasteiger partial charge in [0, 0.05) is 0 Å². The van der Waals surface area contributed by atoms with Gasteiger partial charge in [0.15, 0.2) is 0 Å². The largest absolute Gasteiger partial charge is 0.494 e. The number of carbonyl (C=O) groups excluding carboxylic acids is 1. The van der Waals surface area contributed by atoms with E-state index in [1.54, 1.807) is 48.5 Å². The molecule has 0 spiro atoms. The van der Waals surface area contributed by atoms with Gasteiger partial charge in [-0.05, 0) is 69.7 Å². The Morgan fingerprint density at radius 1 is 0.909 bits per heavy atom. The third-order valence-corrected chi connectivity index (χ3v) is 7.07. The molecular formula is C26H30N2O4S. The normalized spacial score (nSPS) is 12.1. The molecule has 33 heavy (non-hydrogen) atoms. The van der Waals surface area contributed by atoms with Gasteiger partial charge < -0.3 is 10.1 Å². The molecular weight excluding hydrogens is 436 g/mol. The lowest BCUT2D eigenvalue weighted by Gasteiger charge is -2.25. The lowest BCUT2D eigenvalue weighted by atomic mass is 10.1. The van der Waals surface area contributed by atoms with E-state index in [-0.39, 0.29) is 17.5 Å². The first-order valence-corrected chi connectivity index (χ1v) is 12.3. The van der Waals surface area contributed by atoms with E-state index >= 15 is 0 Å². The summed E-state index contributed by atoms with van der Waals surface area (Å²) in [6, 6.07) is 20.9. The molecule has 0 saturated heterocycles. The first-order valence-electron chi connectivity index (χ1n) is 10.9. The fraction of sp³-hybridized carbons (Fsp3) is 0.269. The standard InChI is InChI=1S/C26H30N2O4S/c1-5-32-24-14-12-23(13-15-24)28(33(30,31)25-16-8-20(3)9-17-25)18-26(29)27-21(4)22-10-6-19(2)7-11-22/h6-17,21H,5,18H2,1-4H3,(H,27,29). The maximum Gasteiger partial charge on any atom is 0.264 e. The van der Waals surface area contributed by atoms with Crippen LogP contribution in [0.15, 0.2) is 77.7 Å². The van der Waals surface area contributed by atoms with Gasteiger partial charge in [0.25, 0.3) is 10.0 Å². The molecule has 0 fully saturated rings. The van der Waals surface area contributed by atoms with Crippen LogP contribution >= 0.6 is 0 Å². The molecule has 0 aromatic heterocycles. The zero-order valence-corrected chi connectivity index (χ0v) is 20.2. The van der Waals surface area contributed by atoms with E-state index in [9.17, 15) is 13.2 Å². The Hall–Kier alpha value is -3.32. The predicted octanol–water partition coefficient (Wildman–Crippen LogP) is 4.77. The average Bonchev–Trinajstić information content (AvgIpc) is 2.79. The fourth-order valence-corrected chi connectivity index (χ4v) is 4.80. The topological polar surface area (TPSA) is 75.7 Å². The monoisotopic (exact) mass is 466 g/mol. The molecule has 0 radical (unpaired) electrons. The molecule has 1 unspecified atom stereocenters. The van der Waals surface area contributed by atoms with Crippen LogP contribution in [0.2, 0.25) is 0 Å². The minimum atomic E-state index is -3.97. The number of benzene rings is 3. The maximum atomic E-state index is 13.5. The van der Waals surface area contributed by atoms with Gasteiger partial charge in [-0.25, -0.2) is 8.42 Å². The Morgan fingerprint density at radius 2 is 1.45 bits per heavy atom. The van der Waals surface area contributed by atoms with Crippen LogP contribution in [0.5, 0.6) is 5.75 Å². The second-order valence-corrected chi connectivity index (χ2v) is 9.81. The quantitative estimate of drug-likeness (QED) is 0.493. The number of nitrogens with one attached hydrogen (secondary N) is 1. The zero-order valence-electron chi connectivity index (χ0n) is 19.4. The summed E-state index contributed by atoms with van der Waals surface area (Å²) in [6.07, 6.45) is 0. The number of amides is 1. The van der Waals surface area contributed by atoms with E-state index in [2.05, 4.69) is 5.32 Å². The van der Waals surface area contributed by atoms with E-state index < -0.39 is 15.9 Å². The fourth-order valence-electron chi connectivity index (χ4n) is 3.38. The van der Waals surface area contributed by atoms with Crippen LogP contribution in [0.1, 0.15) is 36.6 Å². The van der Waals surface area contributed by atoms with Gasteiger partial charge in [-0.15, -0.1) is 0 Å². The van der Waals surface area contributed by atoms with E-state index in [1.807, 2.05) is 52.0 Å². The summed E-state index contributed by atoms with van der Waals surface area (Å²) in [5, 5.41) is 2.91. The Labute approximate surface area is 196 Å². The lowest BCUT2D eigenvalue weighted by Crippen LogP contribution is -2.41. The highest BCUT2D eigenvalue weighted by Crippen LogP contribution is 2.26. The van der Waals surface area contributed by atoms with Crippen molar-refractivity contribution in [3.05, 3.63) is 89.5 Å². The lowest BCUT2D eigenvalue weighted by molar-refractivity contribution is -0.120. The Kier molecular flexibility index (Phi) is 7.76. The van der Waals surface area contributed by atoms with Gasteiger partial charge in [-0.1, -0.05) is 47.5 Å². The van der Waals surface area contributed by atoms with Gasteiger partial charge in [0.2, 0.25) is 5.91 Å². The number of aryl methyl sites for hydroxylation is 2. The third kappa shape index (κ3) is 6.14. The highest BCUT2D eigenvalue weighted by Gasteiger charge is 2.27. The van der Waals surface area contributed by atoms with Crippen LogP contribution in [-0.4, -0.2) is 27.5 Å². The van der Waals surface area contributed by atoms with E-state index in [1.165, 1.54) is 0 Å². The minimum Gasteiger partial charge on any atom is -0.494 e. The van der Waals surface area contributed by atoms with Crippen LogP contribution in [-0.2, 0) is 14.8 Å². The second kappa shape index (κ2) is 10.5. The number of rotatable bonds is 9. The molecule has 6 nitrogen and oxygen atoms in total. The highest BCUT2D eigenvalue weighted by molar-refractivity contribution is 7.92. The summed E-state index contributed by atoms with van der Waals surface area (Å²) >= 11 is 0. The predicted molar refractivity (Wildman–Crippen MR) is 131 cm³/mol. The number of hydrogen-bond donors (Lipinski definition) is 1. The summed E-state index contributed by atoms with van der Waals surface area (Å²) in [6.45, 7) is 7.79. The Bertz CT molecular complexity index is 1170. The number of anilines is 1. The van der Waals surface area contributed by atoms with Crippen LogP contribution in [0, 0.1) is 13.8 Å². The number of carbonyl (C=O) groups is 1. The molecule has 0 bridgehead atoms. The summed E-state index contributed by atoms with van der Waals surface area (Å²) in [5.41, 5.74) is 3.41. The molecule has 0 saturated carbocycles. The van der Waals surface area contributed by atoms with Crippen molar-refractivity contribution in [3.8, 4) is 5.75 Å². The highest BCUT2D eigenvalue weighted by atomic mass is 32.2. The Morgan fingerprint density at radius 3 is 2.00 bits per heavy atom. The SMILES string of the molecule is CCOc1ccc(N(CC(=O)NC(C)c2ccc(C)cc2)S(=O)(=O)c2ccc(C)cc2)cc1. The van der Waals surface area contributed by atoms with Crippen molar-refractivity contribution in [2.75, 3.05) is 17.5 Å². The number of ether oxygens (including phenoxy) is 1. The molecule has 0 aliphatic rings. The maximum absolute atomic E-state index is 13.5. The zero-order chi connectivity index (χ0) is 24.0. The van der Waals surface area contributed by atoms with E-state index in [0.29, 0.717) is 18.0 Å². The number of nitrogens with zero attached hydrogens (tertiary/aromatic N) is 1. The molecule has 1 amide bonds. The molecule has 3 aromatic carbocycles. The summed E-state index contributed by atoms with van der Waals surface area (Å²) < 4.78 is 33.6. The van der Waals surface area contributed by atoms with Crippen LogP contribution in [0.25, 0.3) is 0 Å². The van der Waals surface area contributed by atoms with Crippen LogP contribution < -0.4 is 14.4 Å². The summed E-state index contributed by atoms with van der Waals surface area (Å²) in [7, 11) is -3.97. The van der Waals surface area contributed by atoms with Crippen molar-refractivity contribution < 1.29 is 17.9 Å². The van der Waals surface area contributed by atoms with Crippen molar-refractivity contribution in [2.24, 2.45) is 0 Å². The molecule has 0 aliphatic carbocycles. The van der Waals surface area contributed by atoms with Gasteiger partial charge in [0.1, 0.15) is 12.3 Å². The first-order chi connectivity index (χ1) is 15.7. The summed E-state index contributed by atoms with van der Waals surface area (Å²) in [4.78, 5) is 13.1. The second-order valence-electron chi connectivity index (χ2n) is 7.95. The molecule has 0 aliphatic heterocycles. The van der Waals surface area contributed by atoms with Gasteiger partial charge >= 0.3 is 0 Å². The van der Waals surface area contributed by atoms with Crippen molar-refractivity contribution in [2.45, 2.75) is 38.6 Å². The molecule has 3 rings (SSSR count). The van der Waals surface area contributed by atoms with Crippen molar-refractivity contribution in [1.82, 2.24) is 5.32 Å². The van der Waals surface area contributed by atoms with Crippen LogP contribution in [0.3, 0.4) is 0 Å². The molecule has 3 aromatic rings. The van der Waals surface area contributed by atoms with Gasteiger partial charge in [0.05, 0.1) is 23.2 Å².